The van der Waals surface area contributed by atoms with Crippen LogP contribution in [0.1, 0.15) is 11.3 Å². The van der Waals surface area contributed by atoms with Crippen LogP contribution in [0.15, 0.2) is 53.3 Å². The number of rotatable bonds is 2. The van der Waals surface area contributed by atoms with Crippen LogP contribution < -0.4 is 5.56 Å². The van der Waals surface area contributed by atoms with Gasteiger partial charge in [-0.2, -0.15) is 0 Å². The Bertz CT molecular complexity index is 895. The summed E-state index contributed by atoms with van der Waals surface area (Å²) in [4.78, 5) is 16.7. The standard InChI is InChI=1S/C17H14N2O2/c1-19-16-8-3-2-7-14(16)18-15(17(19)21)10-9-12-5-4-6-13(20)11-12/h2-11,20H,1H3/b10-9+. The monoisotopic (exact) mass is 278 g/mol. The van der Waals surface area contributed by atoms with Gasteiger partial charge in [-0.1, -0.05) is 30.3 Å². The van der Waals surface area contributed by atoms with Gasteiger partial charge in [0.2, 0.25) is 0 Å². The number of fused-ring (bicyclic) bond motifs is 1. The Morgan fingerprint density at radius 2 is 1.90 bits per heavy atom. The molecule has 1 heterocycles. The van der Waals surface area contributed by atoms with Gasteiger partial charge in [-0.15, -0.1) is 0 Å². The normalized spacial score (nSPS) is 11.3. The number of phenols is 1. The summed E-state index contributed by atoms with van der Waals surface area (Å²) in [7, 11) is 1.73. The highest BCUT2D eigenvalue weighted by atomic mass is 16.3. The molecule has 104 valence electrons. The number of aromatic nitrogens is 2. The Morgan fingerprint density at radius 1 is 1.10 bits per heavy atom. The number of para-hydroxylation sites is 2. The highest BCUT2D eigenvalue weighted by Gasteiger charge is 2.05. The van der Waals surface area contributed by atoms with Gasteiger partial charge in [-0.3, -0.25) is 4.79 Å². The number of aryl methyl sites for hydroxylation is 1. The third kappa shape index (κ3) is 2.56. The van der Waals surface area contributed by atoms with Gasteiger partial charge in [-0.25, -0.2) is 4.98 Å². The van der Waals surface area contributed by atoms with E-state index in [1.807, 2.05) is 30.3 Å². The zero-order valence-electron chi connectivity index (χ0n) is 11.5. The Morgan fingerprint density at radius 3 is 2.71 bits per heavy atom. The number of benzene rings is 2. The lowest BCUT2D eigenvalue weighted by Gasteiger charge is -2.05. The smallest absolute Gasteiger partial charge is 0.276 e. The number of aromatic hydroxyl groups is 1. The summed E-state index contributed by atoms with van der Waals surface area (Å²) in [6.45, 7) is 0. The van der Waals surface area contributed by atoms with Crippen molar-refractivity contribution in [1.82, 2.24) is 9.55 Å². The van der Waals surface area contributed by atoms with E-state index in [1.165, 1.54) is 0 Å². The molecule has 3 rings (SSSR count). The first kappa shape index (κ1) is 13.1. The lowest BCUT2D eigenvalue weighted by Crippen LogP contribution is -2.21. The maximum atomic E-state index is 12.3. The number of hydrogen-bond donors (Lipinski definition) is 1. The molecule has 0 unspecified atom stereocenters. The molecule has 21 heavy (non-hydrogen) atoms. The lowest BCUT2D eigenvalue weighted by molar-refractivity contribution is 0.475. The zero-order valence-corrected chi connectivity index (χ0v) is 11.5. The quantitative estimate of drug-likeness (QED) is 0.784. The molecule has 0 aliphatic rings. The third-order valence-electron chi connectivity index (χ3n) is 3.31. The van der Waals surface area contributed by atoms with Crippen molar-refractivity contribution in [2.75, 3.05) is 0 Å². The molecule has 0 fully saturated rings. The van der Waals surface area contributed by atoms with E-state index in [0.29, 0.717) is 5.69 Å². The van der Waals surface area contributed by atoms with Crippen LogP contribution in [-0.2, 0) is 7.05 Å². The Kier molecular flexibility index (Phi) is 3.28. The van der Waals surface area contributed by atoms with Gasteiger partial charge < -0.3 is 9.67 Å². The van der Waals surface area contributed by atoms with Gasteiger partial charge >= 0.3 is 0 Å². The lowest BCUT2D eigenvalue weighted by atomic mass is 10.2. The Balaban J connectivity index is 2.09. The molecule has 0 atom stereocenters. The van der Waals surface area contributed by atoms with E-state index in [9.17, 15) is 9.90 Å². The SMILES string of the molecule is Cn1c(=O)c(/C=C/c2cccc(O)c2)nc2ccccc21. The molecule has 4 nitrogen and oxygen atoms in total. The minimum Gasteiger partial charge on any atom is -0.508 e. The predicted octanol–water partition coefficient (Wildman–Crippen LogP) is 2.81. The molecule has 0 aliphatic carbocycles. The maximum Gasteiger partial charge on any atom is 0.276 e. The maximum absolute atomic E-state index is 12.3. The average Bonchev–Trinajstić information content (AvgIpc) is 2.50. The molecule has 4 heteroatoms. The van der Waals surface area contributed by atoms with Gasteiger partial charge in [0.15, 0.2) is 0 Å². The van der Waals surface area contributed by atoms with Crippen LogP contribution >= 0.6 is 0 Å². The van der Waals surface area contributed by atoms with Crippen LogP contribution in [0.2, 0.25) is 0 Å². The van der Waals surface area contributed by atoms with E-state index in [1.54, 1.807) is 42.0 Å². The van der Waals surface area contributed by atoms with Crippen LogP contribution in [-0.4, -0.2) is 14.7 Å². The van der Waals surface area contributed by atoms with E-state index in [4.69, 9.17) is 0 Å². The van der Waals surface area contributed by atoms with Crippen molar-refractivity contribution < 1.29 is 5.11 Å². The molecule has 0 saturated heterocycles. The van der Waals surface area contributed by atoms with Gasteiger partial charge in [-0.05, 0) is 35.9 Å². The largest absolute Gasteiger partial charge is 0.508 e. The van der Waals surface area contributed by atoms with Gasteiger partial charge in [0.1, 0.15) is 11.4 Å². The summed E-state index contributed by atoms with van der Waals surface area (Å²) >= 11 is 0. The van der Waals surface area contributed by atoms with Crippen molar-refractivity contribution in [3.8, 4) is 5.75 Å². The number of phenolic OH excluding ortho intramolecular Hbond substituents is 1. The highest BCUT2D eigenvalue weighted by Crippen LogP contribution is 2.14. The van der Waals surface area contributed by atoms with Crippen LogP contribution in [0.4, 0.5) is 0 Å². The number of hydrogen-bond acceptors (Lipinski definition) is 3. The highest BCUT2D eigenvalue weighted by molar-refractivity contribution is 5.77. The third-order valence-corrected chi connectivity index (χ3v) is 3.31. The first-order valence-electron chi connectivity index (χ1n) is 6.58. The van der Waals surface area contributed by atoms with Crippen molar-refractivity contribution in [2.45, 2.75) is 0 Å². The summed E-state index contributed by atoms with van der Waals surface area (Å²) < 4.78 is 1.59. The van der Waals surface area contributed by atoms with E-state index < -0.39 is 0 Å². The fourth-order valence-electron chi connectivity index (χ4n) is 2.21. The second kappa shape index (κ2) is 5.25. The van der Waals surface area contributed by atoms with Crippen molar-refractivity contribution in [3.05, 3.63) is 70.1 Å². The minimum atomic E-state index is -0.148. The van der Waals surface area contributed by atoms with Crippen LogP contribution in [0, 0.1) is 0 Å². The molecule has 0 saturated carbocycles. The second-order valence-electron chi connectivity index (χ2n) is 4.78. The Labute approximate surface area is 121 Å². The van der Waals surface area contributed by atoms with E-state index >= 15 is 0 Å². The summed E-state index contributed by atoms with van der Waals surface area (Å²) in [5, 5.41) is 9.43. The first-order chi connectivity index (χ1) is 10.1. The molecular formula is C17H14N2O2. The van der Waals surface area contributed by atoms with Crippen LogP contribution in [0.3, 0.4) is 0 Å². The topological polar surface area (TPSA) is 55.1 Å². The summed E-state index contributed by atoms with van der Waals surface area (Å²) in [5.74, 6) is 0.191. The van der Waals surface area contributed by atoms with Crippen LogP contribution in [0.5, 0.6) is 5.75 Å². The first-order valence-corrected chi connectivity index (χ1v) is 6.58. The summed E-state index contributed by atoms with van der Waals surface area (Å²) in [5.41, 5.74) is 2.61. The van der Waals surface area contributed by atoms with Crippen molar-refractivity contribution >= 4 is 23.2 Å². The molecule has 2 aromatic carbocycles. The molecule has 1 aromatic heterocycles. The van der Waals surface area contributed by atoms with E-state index in [2.05, 4.69) is 4.98 Å². The predicted molar refractivity (Wildman–Crippen MR) is 84.0 cm³/mol. The van der Waals surface area contributed by atoms with Gasteiger partial charge in [0.05, 0.1) is 11.0 Å². The van der Waals surface area contributed by atoms with E-state index in [0.717, 1.165) is 16.6 Å². The molecule has 0 radical (unpaired) electrons. The fourth-order valence-corrected chi connectivity index (χ4v) is 2.21. The molecule has 0 bridgehead atoms. The number of nitrogens with zero attached hydrogens (tertiary/aromatic N) is 2. The zero-order chi connectivity index (χ0) is 14.8. The molecule has 0 aliphatic heterocycles. The average molecular weight is 278 g/mol. The molecule has 0 spiro atoms. The molecule has 0 amide bonds. The van der Waals surface area contributed by atoms with Crippen LogP contribution in [0.25, 0.3) is 23.2 Å². The van der Waals surface area contributed by atoms with Crippen molar-refractivity contribution in [1.29, 1.82) is 0 Å². The van der Waals surface area contributed by atoms with Gasteiger partial charge in [0.25, 0.3) is 5.56 Å². The minimum absolute atomic E-state index is 0.148. The Hall–Kier alpha value is -2.88. The summed E-state index contributed by atoms with van der Waals surface area (Å²) in [6, 6.07) is 14.3. The van der Waals surface area contributed by atoms with E-state index in [-0.39, 0.29) is 11.3 Å². The molecule has 3 aromatic rings. The second-order valence-corrected chi connectivity index (χ2v) is 4.78. The fraction of sp³-hybridized carbons (Fsp3) is 0.0588. The molecular weight excluding hydrogens is 264 g/mol. The van der Waals surface area contributed by atoms with Crippen molar-refractivity contribution in [2.24, 2.45) is 7.05 Å². The van der Waals surface area contributed by atoms with Gasteiger partial charge in [0, 0.05) is 7.05 Å². The summed E-state index contributed by atoms with van der Waals surface area (Å²) in [6.07, 6.45) is 3.43. The van der Waals surface area contributed by atoms with Crippen molar-refractivity contribution in [3.63, 3.8) is 0 Å². The molecule has 1 N–H and O–H groups in total.